The van der Waals surface area contributed by atoms with Crippen LogP contribution in [0.25, 0.3) is 11.3 Å². The van der Waals surface area contributed by atoms with Gasteiger partial charge in [0.2, 0.25) is 5.88 Å². The zero-order valence-corrected chi connectivity index (χ0v) is 16.5. The van der Waals surface area contributed by atoms with Crippen LogP contribution in [0.4, 0.5) is 22.1 Å². The van der Waals surface area contributed by atoms with Crippen LogP contribution >= 0.6 is 0 Å². The van der Waals surface area contributed by atoms with Gasteiger partial charge >= 0.3 is 12.0 Å². The van der Waals surface area contributed by atoms with Gasteiger partial charge in [0, 0.05) is 31.7 Å². The van der Waals surface area contributed by atoms with Gasteiger partial charge in [0.1, 0.15) is 0 Å². The fourth-order valence-electron chi connectivity index (χ4n) is 3.03. The Balaban J connectivity index is 1.71. The number of fused-ring (bicyclic) bond motifs is 1. The topological polar surface area (TPSA) is 127 Å². The van der Waals surface area contributed by atoms with Gasteiger partial charge in [-0.2, -0.15) is 4.98 Å². The zero-order chi connectivity index (χ0) is 20.9. The molecular formula is C19H20N8O3. The van der Waals surface area contributed by atoms with E-state index in [2.05, 4.69) is 30.6 Å². The molecule has 0 aliphatic carbocycles. The SMILES string of the molecule is COc1ncc(-c2ccc3c(n2)N(C(=O)Nc2cnccn2)CCCN3)c(OC)n1. The number of nitrogens with zero attached hydrogens (tertiary/aromatic N) is 6. The van der Waals surface area contributed by atoms with Crippen molar-refractivity contribution < 1.29 is 14.3 Å². The first-order valence-electron chi connectivity index (χ1n) is 9.24. The fraction of sp³-hybridized carbons (Fsp3) is 0.263. The first kappa shape index (κ1) is 19.3. The van der Waals surface area contributed by atoms with Gasteiger partial charge in [-0.25, -0.2) is 19.7 Å². The second-order valence-corrected chi connectivity index (χ2v) is 6.30. The third-order valence-electron chi connectivity index (χ3n) is 4.43. The van der Waals surface area contributed by atoms with Crippen LogP contribution in [0.3, 0.4) is 0 Å². The standard InChI is InChI=1S/C19H20N8O3/c1-29-17-12(10-23-18(26-17)30-2)13-4-5-14-16(24-13)27(9-3-6-21-14)19(28)25-15-11-20-7-8-22-15/h4-5,7-8,10-11,21H,3,6,9H2,1-2H3,(H,22,25,28). The maximum absolute atomic E-state index is 13.0. The molecule has 0 atom stereocenters. The van der Waals surface area contributed by atoms with Crippen LogP contribution in [0.2, 0.25) is 0 Å². The van der Waals surface area contributed by atoms with Gasteiger partial charge in [-0.15, -0.1) is 0 Å². The number of pyridine rings is 1. The number of carbonyl (C=O) groups excluding carboxylic acids is 1. The van der Waals surface area contributed by atoms with Gasteiger partial charge in [-0.1, -0.05) is 0 Å². The summed E-state index contributed by atoms with van der Waals surface area (Å²) in [7, 11) is 2.99. The predicted molar refractivity (Wildman–Crippen MR) is 110 cm³/mol. The second kappa shape index (κ2) is 8.55. The number of hydrogen-bond acceptors (Lipinski definition) is 9. The first-order chi connectivity index (χ1) is 14.7. The molecule has 0 fully saturated rings. The second-order valence-electron chi connectivity index (χ2n) is 6.30. The minimum atomic E-state index is -0.344. The minimum Gasteiger partial charge on any atom is -0.480 e. The van der Waals surface area contributed by atoms with Crippen molar-refractivity contribution in [3.8, 4) is 23.1 Å². The number of methoxy groups -OCH3 is 2. The maximum atomic E-state index is 13.0. The van der Waals surface area contributed by atoms with Crippen molar-refractivity contribution in [3.63, 3.8) is 0 Å². The summed E-state index contributed by atoms with van der Waals surface area (Å²) in [5, 5.41) is 6.06. The molecule has 0 bridgehead atoms. The van der Waals surface area contributed by atoms with E-state index >= 15 is 0 Å². The quantitative estimate of drug-likeness (QED) is 0.668. The van der Waals surface area contributed by atoms with Gasteiger partial charge in [0.25, 0.3) is 0 Å². The highest BCUT2D eigenvalue weighted by atomic mass is 16.5. The Morgan fingerprint density at radius 3 is 2.80 bits per heavy atom. The molecule has 0 saturated carbocycles. The predicted octanol–water partition coefficient (Wildman–Crippen LogP) is 2.20. The van der Waals surface area contributed by atoms with Crippen LogP contribution in [-0.2, 0) is 0 Å². The Hall–Kier alpha value is -4.02. The Morgan fingerprint density at radius 2 is 2.03 bits per heavy atom. The minimum absolute atomic E-state index is 0.192. The zero-order valence-electron chi connectivity index (χ0n) is 16.5. The average Bonchev–Trinajstić information content (AvgIpc) is 3.01. The van der Waals surface area contributed by atoms with Crippen LogP contribution in [0.1, 0.15) is 6.42 Å². The van der Waals surface area contributed by atoms with Crippen molar-refractivity contribution in [1.82, 2.24) is 24.9 Å². The molecule has 11 heteroatoms. The van der Waals surface area contributed by atoms with Crippen LogP contribution in [0.15, 0.2) is 36.9 Å². The molecule has 1 aliphatic heterocycles. The molecule has 2 amide bonds. The number of ether oxygens (including phenoxy) is 2. The van der Waals surface area contributed by atoms with E-state index in [1.165, 1.54) is 26.6 Å². The summed E-state index contributed by atoms with van der Waals surface area (Å²) in [6, 6.07) is 3.54. The number of anilines is 3. The van der Waals surface area contributed by atoms with E-state index in [0.717, 1.165) is 18.7 Å². The number of urea groups is 1. The molecule has 3 aromatic heterocycles. The number of nitrogens with one attached hydrogen (secondary N) is 2. The molecular weight excluding hydrogens is 388 g/mol. The van der Waals surface area contributed by atoms with Crippen LogP contribution < -0.4 is 25.0 Å². The third-order valence-corrected chi connectivity index (χ3v) is 4.43. The van der Waals surface area contributed by atoms with E-state index in [-0.39, 0.29) is 12.0 Å². The summed E-state index contributed by atoms with van der Waals surface area (Å²) in [5.41, 5.74) is 1.90. The van der Waals surface area contributed by atoms with Gasteiger partial charge in [0.05, 0.1) is 37.4 Å². The highest BCUT2D eigenvalue weighted by Crippen LogP contribution is 2.33. The molecule has 2 N–H and O–H groups in total. The molecule has 4 heterocycles. The van der Waals surface area contributed by atoms with Crippen molar-refractivity contribution in [1.29, 1.82) is 0 Å². The van der Waals surface area contributed by atoms with E-state index < -0.39 is 0 Å². The van der Waals surface area contributed by atoms with E-state index in [4.69, 9.17) is 14.5 Å². The van der Waals surface area contributed by atoms with Crippen LogP contribution in [-0.4, -0.2) is 58.3 Å². The molecule has 1 aliphatic rings. The molecule has 4 rings (SSSR count). The maximum Gasteiger partial charge on any atom is 0.328 e. The lowest BCUT2D eigenvalue weighted by Gasteiger charge is -2.22. The molecule has 154 valence electrons. The Morgan fingerprint density at radius 1 is 1.13 bits per heavy atom. The summed E-state index contributed by atoms with van der Waals surface area (Å²) in [6.45, 7) is 1.21. The lowest BCUT2D eigenvalue weighted by molar-refractivity contribution is 0.256. The van der Waals surface area contributed by atoms with E-state index in [1.54, 1.807) is 17.3 Å². The lowest BCUT2D eigenvalue weighted by Crippen LogP contribution is -2.36. The van der Waals surface area contributed by atoms with Crippen molar-refractivity contribution in [3.05, 3.63) is 36.9 Å². The molecule has 0 spiro atoms. The highest BCUT2D eigenvalue weighted by molar-refractivity contribution is 6.02. The molecule has 3 aromatic rings. The van der Waals surface area contributed by atoms with E-state index in [0.29, 0.717) is 35.3 Å². The first-order valence-corrected chi connectivity index (χ1v) is 9.24. The number of rotatable bonds is 4. The van der Waals surface area contributed by atoms with Gasteiger partial charge in [-0.3, -0.25) is 15.2 Å². The summed E-state index contributed by atoms with van der Waals surface area (Å²) in [5.74, 6) is 1.18. The van der Waals surface area contributed by atoms with Gasteiger partial charge < -0.3 is 14.8 Å². The van der Waals surface area contributed by atoms with Gasteiger partial charge in [0.15, 0.2) is 11.6 Å². The normalized spacial score (nSPS) is 12.9. The van der Waals surface area contributed by atoms with Crippen molar-refractivity contribution in [2.45, 2.75) is 6.42 Å². The average molecular weight is 408 g/mol. The summed E-state index contributed by atoms with van der Waals surface area (Å²) in [6.07, 6.45) is 6.87. The van der Waals surface area contributed by atoms with Crippen molar-refractivity contribution in [2.75, 3.05) is 42.8 Å². The molecule has 11 nitrogen and oxygen atoms in total. The molecule has 0 aromatic carbocycles. The largest absolute Gasteiger partial charge is 0.480 e. The number of hydrogen-bond donors (Lipinski definition) is 2. The summed E-state index contributed by atoms with van der Waals surface area (Å²) < 4.78 is 10.4. The fourth-order valence-corrected chi connectivity index (χ4v) is 3.03. The monoisotopic (exact) mass is 408 g/mol. The Bertz CT molecular complexity index is 1050. The molecule has 0 unspecified atom stereocenters. The third kappa shape index (κ3) is 3.90. The van der Waals surface area contributed by atoms with Crippen LogP contribution in [0.5, 0.6) is 11.9 Å². The molecule has 30 heavy (non-hydrogen) atoms. The van der Waals surface area contributed by atoms with Gasteiger partial charge in [-0.05, 0) is 18.6 Å². The Kier molecular flexibility index (Phi) is 5.50. The number of aromatic nitrogens is 5. The number of amides is 2. The van der Waals surface area contributed by atoms with Crippen LogP contribution in [0, 0.1) is 0 Å². The molecule has 0 saturated heterocycles. The lowest BCUT2D eigenvalue weighted by atomic mass is 10.2. The number of carbonyl (C=O) groups is 1. The van der Waals surface area contributed by atoms with E-state index in [1.807, 2.05) is 12.1 Å². The van der Waals surface area contributed by atoms with Crippen molar-refractivity contribution >= 4 is 23.4 Å². The van der Waals surface area contributed by atoms with E-state index in [9.17, 15) is 4.79 Å². The van der Waals surface area contributed by atoms with Crippen molar-refractivity contribution in [2.24, 2.45) is 0 Å². The smallest absolute Gasteiger partial charge is 0.328 e. The molecule has 0 radical (unpaired) electrons. The highest BCUT2D eigenvalue weighted by Gasteiger charge is 2.24. The summed E-state index contributed by atoms with van der Waals surface area (Å²) >= 11 is 0. The summed E-state index contributed by atoms with van der Waals surface area (Å²) in [4.78, 5) is 35.7. The Labute approximate surface area is 172 Å².